The first-order valence-corrected chi connectivity index (χ1v) is 14.9. The molecule has 3 N–H and O–H groups in total. The molecule has 7 rings (SSSR count). The van der Waals surface area contributed by atoms with Gasteiger partial charge in [0.2, 0.25) is 19.5 Å². The molecule has 0 bridgehead atoms. The Hall–Kier alpha value is -5.50. The van der Waals surface area contributed by atoms with Gasteiger partial charge in [-0.05, 0) is 48.4 Å². The highest BCUT2D eigenvalue weighted by molar-refractivity contribution is 7.99. The Labute approximate surface area is 259 Å². The Morgan fingerprint density at radius 2 is 1.62 bits per heavy atom. The number of amides is 2. The topological polar surface area (TPSA) is 159 Å². The lowest BCUT2D eigenvalue weighted by Crippen LogP contribution is -2.25. The maximum Gasteiger partial charge on any atom is 0.262 e. The van der Waals surface area contributed by atoms with E-state index in [0.29, 0.717) is 57.0 Å². The summed E-state index contributed by atoms with van der Waals surface area (Å²) in [5, 5.41) is 13.2. The highest BCUT2D eigenvalue weighted by Crippen LogP contribution is 2.35. The van der Waals surface area contributed by atoms with Crippen LogP contribution in [0.1, 0.15) is 27.2 Å². The highest BCUT2D eigenvalue weighted by atomic mass is 32.2. The monoisotopic (exact) mass is 626 g/mol. The van der Waals surface area contributed by atoms with E-state index < -0.39 is 0 Å². The molecule has 5 aromatic rings. The van der Waals surface area contributed by atoms with Crippen LogP contribution in [0.5, 0.6) is 23.0 Å². The van der Waals surface area contributed by atoms with Gasteiger partial charge in [-0.3, -0.25) is 24.0 Å². The summed E-state index contributed by atoms with van der Waals surface area (Å²) in [4.78, 5) is 44.0. The molecule has 0 atom stereocenters. The summed E-state index contributed by atoms with van der Waals surface area (Å²) in [6.45, 7) is 2.57. The fraction of sp³-hybridized carbons (Fsp3) is 0.194. The summed E-state index contributed by atoms with van der Waals surface area (Å²) in [6.07, 6.45) is 0. The second-order valence-electron chi connectivity index (χ2n) is 10.3. The van der Waals surface area contributed by atoms with E-state index in [9.17, 15) is 14.4 Å². The van der Waals surface area contributed by atoms with Gasteiger partial charge in [0.1, 0.15) is 0 Å². The van der Waals surface area contributed by atoms with Crippen LogP contribution in [0.2, 0.25) is 0 Å². The number of hydrogen-bond acceptors (Lipinski definition) is 10. The van der Waals surface area contributed by atoms with Crippen LogP contribution in [0, 0.1) is 6.92 Å². The highest BCUT2D eigenvalue weighted by Gasteiger charge is 2.20. The summed E-state index contributed by atoms with van der Waals surface area (Å²) in [5.74, 6) is 2.18. The van der Waals surface area contributed by atoms with Crippen molar-refractivity contribution in [3.63, 3.8) is 0 Å². The van der Waals surface area contributed by atoms with E-state index in [1.54, 1.807) is 42.5 Å². The molecule has 0 saturated heterocycles. The van der Waals surface area contributed by atoms with Crippen LogP contribution in [0.4, 0.5) is 5.82 Å². The number of thioether (sulfide) groups is 1. The standard InChI is InChI=1S/C31H26N6O7S/c1-17-8-27(36-35-17)34-28(38)14-45-31-33-22-11-26-25(43-16-44-26)10-21(22)30(40)37(31)13-18-2-5-20(6-3-18)29(39)32-12-19-4-7-23-24(9-19)42-15-41-23/h2-11H,12-16H2,1H3,(H,32,39)(H2,34,35,36,38). The van der Waals surface area contributed by atoms with Crippen molar-refractivity contribution in [2.45, 2.75) is 25.2 Å². The molecule has 2 aliphatic rings. The Kier molecular flexibility index (Phi) is 7.47. The number of aromatic nitrogens is 4. The Morgan fingerprint density at radius 1 is 0.911 bits per heavy atom. The van der Waals surface area contributed by atoms with Crippen molar-refractivity contribution >= 4 is 40.3 Å². The number of nitrogens with one attached hydrogen (secondary N) is 3. The lowest BCUT2D eigenvalue weighted by molar-refractivity contribution is -0.113. The first-order valence-electron chi connectivity index (χ1n) is 13.9. The average Bonchev–Trinajstić information content (AvgIpc) is 3.80. The van der Waals surface area contributed by atoms with Gasteiger partial charge >= 0.3 is 0 Å². The predicted octanol–water partition coefficient (Wildman–Crippen LogP) is 3.59. The van der Waals surface area contributed by atoms with Crippen LogP contribution in [0.15, 0.2) is 70.6 Å². The Balaban J connectivity index is 1.09. The first-order chi connectivity index (χ1) is 21.9. The van der Waals surface area contributed by atoms with Gasteiger partial charge < -0.3 is 29.6 Å². The summed E-state index contributed by atoms with van der Waals surface area (Å²) in [6, 6.07) is 17.5. The zero-order valence-corrected chi connectivity index (χ0v) is 24.7. The van der Waals surface area contributed by atoms with E-state index >= 15 is 0 Å². The van der Waals surface area contributed by atoms with Crippen molar-refractivity contribution < 1.29 is 28.5 Å². The summed E-state index contributed by atoms with van der Waals surface area (Å²) < 4.78 is 23.2. The minimum Gasteiger partial charge on any atom is -0.454 e. The van der Waals surface area contributed by atoms with Gasteiger partial charge in [-0.1, -0.05) is 30.0 Å². The average molecular weight is 627 g/mol. The molecule has 3 aromatic carbocycles. The number of aryl methyl sites for hydroxylation is 1. The van der Waals surface area contributed by atoms with E-state index in [4.69, 9.17) is 23.9 Å². The van der Waals surface area contributed by atoms with Gasteiger partial charge in [0.25, 0.3) is 11.5 Å². The quantitative estimate of drug-likeness (QED) is 0.163. The number of ether oxygens (including phenoxy) is 4. The lowest BCUT2D eigenvalue weighted by Gasteiger charge is -2.14. The van der Waals surface area contributed by atoms with Crippen molar-refractivity contribution in [3.8, 4) is 23.0 Å². The van der Waals surface area contributed by atoms with Crippen molar-refractivity contribution in [1.82, 2.24) is 25.1 Å². The Morgan fingerprint density at radius 3 is 2.38 bits per heavy atom. The fourth-order valence-corrected chi connectivity index (χ4v) is 5.71. The zero-order chi connectivity index (χ0) is 30.9. The van der Waals surface area contributed by atoms with E-state index in [0.717, 1.165) is 28.6 Å². The third-order valence-corrected chi connectivity index (χ3v) is 8.14. The van der Waals surface area contributed by atoms with Crippen LogP contribution < -0.4 is 35.1 Å². The molecule has 0 aliphatic carbocycles. The van der Waals surface area contributed by atoms with Crippen LogP contribution in [-0.4, -0.2) is 50.9 Å². The van der Waals surface area contributed by atoms with Crippen molar-refractivity contribution in [2.75, 3.05) is 24.7 Å². The number of aromatic amines is 1. The molecule has 13 nitrogen and oxygen atoms in total. The molecule has 0 radical (unpaired) electrons. The second-order valence-corrected chi connectivity index (χ2v) is 11.3. The van der Waals surface area contributed by atoms with Crippen LogP contribution >= 0.6 is 11.8 Å². The molecule has 0 saturated carbocycles. The maximum absolute atomic E-state index is 13.8. The molecule has 14 heteroatoms. The van der Waals surface area contributed by atoms with Gasteiger partial charge in [-0.15, -0.1) is 0 Å². The predicted molar refractivity (Wildman–Crippen MR) is 164 cm³/mol. The molecule has 45 heavy (non-hydrogen) atoms. The van der Waals surface area contributed by atoms with Crippen LogP contribution in [0.25, 0.3) is 10.9 Å². The van der Waals surface area contributed by atoms with Crippen molar-refractivity contribution in [3.05, 3.63) is 93.4 Å². The number of carbonyl (C=O) groups excluding carboxylic acids is 2. The molecular weight excluding hydrogens is 600 g/mol. The molecule has 0 unspecified atom stereocenters. The van der Waals surface area contributed by atoms with Gasteiger partial charge in [0.05, 0.1) is 23.2 Å². The summed E-state index contributed by atoms with van der Waals surface area (Å²) in [7, 11) is 0. The molecule has 4 heterocycles. The number of benzene rings is 3. The fourth-order valence-electron chi connectivity index (χ4n) is 4.91. The van der Waals surface area contributed by atoms with Crippen LogP contribution in [-0.2, 0) is 17.9 Å². The van der Waals surface area contributed by atoms with Gasteiger partial charge in [-0.2, -0.15) is 5.10 Å². The first kappa shape index (κ1) is 28.3. The molecule has 2 aliphatic heterocycles. The van der Waals surface area contributed by atoms with Crippen LogP contribution in [0.3, 0.4) is 0 Å². The zero-order valence-electron chi connectivity index (χ0n) is 23.9. The summed E-state index contributed by atoms with van der Waals surface area (Å²) in [5.41, 5.74) is 3.07. The summed E-state index contributed by atoms with van der Waals surface area (Å²) >= 11 is 1.13. The van der Waals surface area contributed by atoms with Crippen molar-refractivity contribution in [2.24, 2.45) is 0 Å². The number of H-pyrrole nitrogens is 1. The molecule has 228 valence electrons. The van der Waals surface area contributed by atoms with Gasteiger partial charge in [0, 0.05) is 29.9 Å². The number of hydrogen-bond donors (Lipinski definition) is 3. The number of carbonyl (C=O) groups is 2. The smallest absolute Gasteiger partial charge is 0.262 e. The third-order valence-electron chi connectivity index (χ3n) is 7.17. The lowest BCUT2D eigenvalue weighted by atomic mass is 10.1. The van der Waals surface area contributed by atoms with E-state index in [2.05, 4.69) is 20.8 Å². The third kappa shape index (κ3) is 5.99. The normalized spacial score (nSPS) is 12.8. The number of fused-ring (bicyclic) bond motifs is 3. The minimum atomic E-state index is -0.297. The van der Waals surface area contributed by atoms with Gasteiger partial charge in [0.15, 0.2) is 34.0 Å². The molecule has 0 fully saturated rings. The maximum atomic E-state index is 13.8. The minimum absolute atomic E-state index is 0.00309. The molecule has 2 aromatic heterocycles. The number of nitrogens with zero attached hydrogens (tertiary/aromatic N) is 3. The number of anilines is 1. The SMILES string of the molecule is Cc1cc(NC(=O)CSc2nc3cc4c(cc3c(=O)n2Cc2ccc(C(=O)NCc3ccc5c(c3)OCO5)cc2)OCO4)n[nH]1. The van der Waals surface area contributed by atoms with Gasteiger partial charge in [-0.25, -0.2) is 4.98 Å². The Bertz CT molecular complexity index is 2010. The molecule has 2 amide bonds. The van der Waals surface area contributed by atoms with E-state index in [1.807, 2.05) is 25.1 Å². The second kappa shape index (κ2) is 11.9. The van der Waals surface area contributed by atoms with E-state index in [1.165, 1.54) is 4.57 Å². The number of rotatable bonds is 9. The largest absolute Gasteiger partial charge is 0.454 e. The van der Waals surface area contributed by atoms with Crippen molar-refractivity contribution in [1.29, 1.82) is 0 Å². The van der Waals surface area contributed by atoms with E-state index in [-0.39, 0.29) is 43.3 Å². The molecular formula is C31H26N6O7S. The molecule has 0 spiro atoms.